The van der Waals surface area contributed by atoms with Gasteiger partial charge in [0.05, 0.1) is 23.8 Å². The molecule has 0 spiro atoms. The number of anilines is 1. The molecule has 0 saturated carbocycles. The Bertz CT molecular complexity index is 1370. The molecule has 10 heteroatoms. The largest absolute Gasteiger partial charge is 0.299 e. The van der Waals surface area contributed by atoms with E-state index in [2.05, 4.69) is 36.1 Å². The maximum atomic E-state index is 12.5. The number of carbonyl (C=O) groups excluding carboxylic acids is 1. The van der Waals surface area contributed by atoms with E-state index in [1.165, 1.54) is 11.3 Å². The summed E-state index contributed by atoms with van der Waals surface area (Å²) < 4.78 is 2.05. The van der Waals surface area contributed by atoms with Crippen LogP contribution in [0.5, 0.6) is 0 Å². The Morgan fingerprint density at radius 2 is 1.78 bits per heavy atom. The number of H-pyrrole nitrogens is 1. The Kier molecular flexibility index (Phi) is 6.98. The molecule has 0 aliphatic heterocycles. The van der Waals surface area contributed by atoms with Gasteiger partial charge < -0.3 is 0 Å². The third-order valence-corrected chi connectivity index (χ3v) is 5.80. The second-order valence-electron chi connectivity index (χ2n) is 7.02. The average Bonchev–Trinajstić information content (AvgIpc) is 3.47. The number of rotatable bonds is 4. The van der Waals surface area contributed by atoms with Crippen LogP contribution in [0.4, 0.5) is 5.13 Å². The third kappa shape index (κ3) is 4.38. The van der Waals surface area contributed by atoms with Crippen molar-refractivity contribution in [2.75, 3.05) is 5.32 Å². The van der Waals surface area contributed by atoms with E-state index in [4.69, 9.17) is 0 Å². The molecule has 0 aliphatic carbocycles. The van der Waals surface area contributed by atoms with Gasteiger partial charge in [-0.25, -0.2) is 9.97 Å². The number of halogens is 2. The number of thiazole rings is 1. The summed E-state index contributed by atoms with van der Waals surface area (Å²) in [4.78, 5) is 21.3. The zero-order chi connectivity index (χ0) is 20.7. The number of hydrogen-bond acceptors (Lipinski definition) is 5. The molecule has 4 heterocycles. The van der Waals surface area contributed by atoms with Crippen LogP contribution in [0.25, 0.3) is 28.0 Å². The summed E-state index contributed by atoms with van der Waals surface area (Å²) >= 11 is 1.41. The number of nitrogens with zero attached hydrogens (tertiary/aromatic N) is 4. The molecule has 0 bridgehead atoms. The Hall–Kier alpha value is -3.20. The smallest absolute Gasteiger partial charge is 0.257 e. The fraction of sp³-hybridized carbons (Fsp3) is 0.0909. The minimum absolute atomic E-state index is 0. The summed E-state index contributed by atoms with van der Waals surface area (Å²) in [5.74, 6) is -0.174. The van der Waals surface area contributed by atoms with Crippen LogP contribution in [0.2, 0.25) is 0 Å². The van der Waals surface area contributed by atoms with Crippen LogP contribution in [0, 0.1) is 13.8 Å². The van der Waals surface area contributed by atoms with Gasteiger partial charge in [0.1, 0.15) is 5.65 Å². The quantitative estimate of drug-likeness (QED) is 0.348. The zero-order valence-corrected chi connectivity index (χ0v) is 19.6. The van der Waals surface area contributed by atoms with Gasteiger partial charge >= 0.3 is 0 Å². The van der Waals surface area contributed by atoms with Gasteiger partial charge in [-0.3, -0.25) is 19.6 Å². The fourth-order valence-electron chi connectivity index (χ4n) is 3.37. The lowest BCUT2D eigenvalue weighted by atomic mass is 10.1. The fourth-order valence-corrected chi connectivity index (χ4v) is 4.05. The van der Waals surface area contributed by atoms with Gasteiger partial charge in [-0.15, -0.1) is 36.2 Å². The molecule has 1 amide bonds. The third-order valence-electron chi connectivity index (χ3n) is 4.93. The standard InChI is InChI=1S/C22H18N6OS.2ClH/c1-13-12-30-22(25-13)26-21(29)16-5-3-15(4-6-16)19-10-23-20-8-7-17(11-28(19)20)18-9-24-27-14(18)2;;/h3-12H,1-2H3,(H,24,27)(H,25,26,29);2*1H. The summed E-state index contributed by atoms with van der Waals surface area (Å²) in [5.41, 5.74) is 7.39. The number of aromatic amines is 1. The first-order chi connectivity index (χ1) is 14.6. The average molecular weight is 487 g/mol. The summed E-state index contributed by atoms with van der Waals surface area (Å²) in [6, 6.07) is 11.5. The van der Waals surface area contributed by atoms with Crippen molar-refractivity contribution < 1.29 is 4.79 Å². The minimum atomic E-state index is -0.174. The molecule has 4 aromatic heterocycles. The first kappa shape index (κ1) is 23.5. The molecule has 0 aliphatic rings. The van der Waals surface area contributed by atoms with E-state index in [0.29, 0.717) is 10.7 Å². The molecule has 5 rings (SSSR count). The molecule has 5 aromatic rings. The van der Waals surface area contributed by atoms with Crippen molar-refractivity contribution in [2.24, 2.45) is 0 Å². The highest BCUT2D eigenvalue weighted by molar-refractivity contribution is 7.13. The highest BCUT2D eigenvalue weighted by atomic mass is 35.5. The van der Waals surface area contributed by atoms with Crippen LogP contribution >= 0.6 is 36.2 Å². The van der Waals surface area contributed by atoms with Crippen LogP contribution in [-0.4, -0.2) is 30.5 Å². The van der Waals surface area contributed by atoms with Gasteiger partial charge in [0.2, 0.25) is 0 Å². The van der Waals surface area contributed by atoms with Crippen molar-refractivity contribution in [1.82, 2.24) is 24.6 Å². The Morgan fingerprint density at radius 1 is 1.03 bits per heavy atom. The first-order valence-electron chi connectivity index (χ1n) is 9.40. The van der Waals surface area contributed by atoms with Crippen molar-refractivity contribution in [3.8, 4) is 22.4 Å². The molecule has 0 radical (unpaired) electrons. The van der Waals surface area contributed by atoms with Gasteiger partial charge in [0.15, 0.2) is 5.13 Å². The molecule has 0 atom stereocenters. The number of aromatic nitrogens is 5. The van der Waals surface area contributed by atoms with Gasteiger partial charge in [0, 0.05) is 39.5 Å². The molecule has 0 saturated heterocycles. The SMILES string of the molecule is Cc1csc(NC(=O)c2ccc(-c3cnc4ccc(-c5cn[nH]c5C)cn34)cc2)n1.Cl.Cl. The zero-order valence-electron chi connectivity index (χ0n) is 17.2. The Morgan fingerprint density at radius 3 is 2.44 bits per heavy atom. The summed E-state index contributed by atoms with van der Waals surface area (Å²) in [6.07, 6.45) is 5.72. The Labute approximate surface area is 200 Å². The van der Waals surface area contributed by atoms with Crippen LogP contribution in [0.3, 0.4) is 0 Å². The molecule has 0 fully saturated rings. The molecule has 164 valence electrons. The van der Waals surface area contributed by atoms with Crippen LogP contribution in [0.15, 0.2) is 60.4 Å². The van der Waals surface area contributed by atoms with Gasteiger partial charge in [0.25, 0.3) is 5.91 Å². The highest BCUT2D eigenvalue weighted by Gasteiger charge is 2.12. The van der Waals surface area contributed by atoms with E-state index in [-0.39, 0.29) is 30.7 Å². The number of hydrogen-bond donors (Lipinski definition) is 2. The number of pyridine rings is 1. The molecular weight excluding hydrogens is 467 g/mol. The number of nitrogens with one attached hydrogen (secondary N) is 2. The monoisotopic (exact) mass is 486 g/mol. The molecular formula is C22H20Cl2N6OS. The maximum absolute atomic E-state index is 12.5. The molecule has 7 nitrogen and oxygen atoms in total. The van der Waals surface area contributed by atoms with Crippen molar-refractivity contribution in [3.63, 3.8) is 0 Å². The number of benzene rings is 1. The van der Waals surface area contributed by atoms with E-state index in [1.54, 1.807) is 0 Å². The van der Waals surface area contributed by atoms with Crippen molar-refractivity contribution in [3.05, 3.63) is 77.3 Å². The predicted molar refractivity (Wildman–Crippen MR) is 132 cm³/mol. The van der Waals surface area contributed by atoms with Crippen LogP contribution < -0.4 is 5.32 Å². The highest BCUT2D eigenvalue weighted by Crippen LogP contribution is 2.26. The minimum Gasteiger partial charge on any atom is -0.299 e. The molecule has 2 N–H and O–H groups in total. The van der Waals surface area contributed by atoms with Crippen molar-refractivity contribution in [1.29, 1.82) is 0 Å². The van der Waals surface area contributed by atoms with E-state index in [9.17, 15) is 4.79 Å². The lowest BCUT2D eigenvalue weighted by Gasteiger charge is -2.07. The number of aryl methyl sites for hydroxylation is 2. The second kappa shape index (κ2) is 9.52. The van der Waals surface area contributed by atoms with Crippen molar-refractivity contribution in [2.45, 2.75) is 13.8 Å². The maximum Gasteiger partial charge on any atom is 0.257 e. The number of imidazole rings is 1. The number of carbonyl (C=O) groups is 1. The van der Waals surface area contributed by atoms with Gasteiger partial charge in [-0.1, -0.05) is 12.1 Å². The van der Waals surface area contributed by atoms with Crippen LogP contribution in [0.1, 0.15) is 21.7 Å². The van der Waals surface area contributed by atoms with E-state index >= 15 is 0 Å². The van der Waals surface area contributed by atoms with Gasteiger partial charge in [-0.2, -0.15) is 5.10 Å². The molecule has 1 aromatic carbocycles. The first-order valence-corrected chi connectivity index (χ1v) is 10.3. The second-order valence-corrected chi connectivity index (χ2v) is 7.88. The topological polar surface area (TPSA) is 88.0 Å². The van der Waals surface area contributed by atoms with Gasteiger partial charge in [-0.05, 0) is 38.1 Å². The lowest BCUT2D eigenvalue weighted by Crippen LogP contribution is -2.11. The lowest BCUT2D eigenvalue weighted by molar-refractivity contribution is 0.102. The molecule has 0 unspecified atom stereocenters. The summed E-state index contributed by atoms with van der Waals surface area (Å²) in [5, 5.41) is 12.4. The van der Waals surface area contributed by atoms with Crippen LogP contribution in [-0.2, 0) is 0 Å². The summed E-state index contributed by atoms with van der Waals surface area (Å²) in [7, 11) is 0. The van der Waals surface area contributed by atoms with Crippen molar-refractivity contribution >= 4 is 52.8 Å². The van der Waals surface area contributed by atoms with E-state index < -0.39 is 0 Å². The predicted octanol–water partition coefficient (Wildman–Crippen LogP) is 5.56. The Balaban J connectivity index is 0.00000144. The number of fused-ring (bicyclic) bond motifs is 1. The summed E-state index contributed by atoms with van der Waals surface area (Å²) in [6.45, 7) is 3.90. The number of amides is 1. The molecule has 32 heavy (non-hydrogen) atoms. The van der Waals surface area contributed by atoms with E-state index in [1.807, 2.05) is 68.0 Å². The van der Waals surface area contributed by atoms with E-state index in [0.717, 1.165) is 39.4 Å². The normalized spacial score (nSPS) is 10.4.